The lowest BCUT2D eigenvalue weighted by Gasteiger charge is -2.16. The van der Waals surface area contributed by atoms with Crippen molar-refractivity contribution in [2.75, 3.05) is 17.6 Å². The first-order valence-electron chi connectivity index (χ1n) is 10.6. The van der Waals surface area contributed by atoms with Crippen LogP contribution in [-0.4, -0.2) is 37.5 Å². The van der Waals surface area contributed by atoms with Crippen molar-refractivity contribution >= 4 is 38.9 Å². The highest BCUT2D eigenvalue weighted by atomic mass is 35.5. The number of benzene rings is 3. The summed E-state index contributed by atoms with van der Waals surface area (Å²) in [5.74, 6) is -0.268. The highest BCUT2D eigenvalue weighted by Crippen LogP contribution is 2.26. The average molecular weight is 482 g/mol. The van der Waals surface area contributed by atoms with Crippen LogP contribution in [0, 0.1) is 12.8 Å². The molecule has 0 radical (unpaired) electrons. The number of carbonyl (C=O) groups excluding carboxylic acids is 1. The summed E-state index contributed by atoms with van der Waals surface area (Å²) in [5, 5.41) is 9.36. The molecule has 0 aromatic heterocycles. The van der Waals surface area contributed by atoms with E-state index in [4.69, 9.17) is 11.6 Å². The lowest BCUT2D eigenvalue weighted by Crippen LogP contribution is -2.31. The maximum absolute atomic E-state index is 12.9. The molecular weight excluding hydrogens is 458 g/mol. The summed E-state index contributed by atoms with van der Waals surface area (Å²) in [5.41, 5.74) is 3.25. The Labute approximate surface area is 198 Å². The lowest BCUT2D eigenvalue weighted by atomic mass is 9.95. The molecule has 0 saturated carbocycles. The highest BCUT2D eigenvalue weighted by molar-refractivity contribution is 7.91. The molecule has 1 heterocycles. The smallest absolute Gasteiger partial charge is 0.306 e. The first-order chi connectivity index (χ1) is 15.8. The number of halogens is 1. The summed E-state index contributed by atoms with van der Waals surface area (Å²) in [4.78, 5) is 13.2. The lowest BCUT2D eigenvalue weighted by molar-refractivity contribution is 0.215. The van der Waals surface area contributed by atoms with Gasteiger partial charge in [0, 0.05) is 16.6 Å². The minimum atomic E-state index is -3.45. The second-order valence-corrected chi connectivity index (χ2v) is 10.5. The fourth-order valence-corrected chi connectivity index (χ4v) is 5.21. The largest absolute Gasteiger partial charge is 0.342 e. The minimum absolute atomic E-state index is 0.0400. The predicted octanol–water partition coefficient (Wildman–Crippen LogP) is 5.38. The van der Waals surface area contributed by atoms with Crippen LogP contribution < -0.4 is 5.32 Å². The summed E-state index contributed by atoms with van der Waals surface area (Å²) >= 11 is 6.03. The van der Waals surface area contributed by atoms with Crippen molar-refractivity contribution in [1.82, 2.24) is 5.01 Å². The molecule has 1 aliphatic rings. The van der Waals surface area contributed by atoms with Gasteiger partial charge < -0.3 is 5.32 Å². The van der Waals surface area contributed by atoms with Crippen LogP contribution in [0.2, 0.25) is 5.02 Å². The molecule has 2 amide bonds. The Balaban J connectivity index is 1.53. The summed E-state index contributed by atoms with van der Waals surface area (Å²) in [6.45, 7) is 2.27. The Bertz CT molecular complexity index is 1260. The standard InChI is InChI=1S/C25H24ClN3O3S/c1-18-7-13-22(14-8-18)27-25(30)29-17-20(24(28-29)19-9-11-21(26)12-10-19)15-16-33(31,32)23-5-3-2-4-6-23/h2-14,20H,15-17H2,1H3,(H,27,30). The molecule has 4 rings (SSSR count). The zero-order valence-corrected chi connectivity index (χ0v) is 19.7. The molecule has 0 saturated heterocycles. The number of hydrogen-bond donors (Lipinski definition) is 1. The van der Waals surface area contributed by atoms with Crippen molar-refractivity contribution in [3.8, 4) is 0 Å². The topological polar surface area (TPSA) is 78.8 Å². The van der Waals surface area contributed by atoms with E-state index < -0.39 is 9.84 Å². The molecule has 3 aromatic carbocycles. The number of anilines is 1. The molecule has 0 fully saturated rings. The predicted molar refractivity (Wildman–Crippen MR) is 131 cm³/mol. The fourth-order valence-electron chi connectivity index (χ4n) is 3.69. The van der Waals surface area contributed by atoms with Crippen LogP contribution in [0.15, 0.2) is 88.9 Å². The second-order valence-electron chi connectivity index (χ2n) is 7.99. The van der Waals surface area contributed by atoms with Crippen molar-refractivity contribution in [3.05, 3.63) is 95.0 Å². The molecule has 1 aliphatic heterocycles. The number of carbonyl (C=O) groups is 1. The molecular formula is C25H24ClN3O3S. The Kier molecular flexibility index (Phi) is 6.81. The number of amides is 2. The van der Waals surface area contributed by atoms with Gasteiger partial charge in [-0.05, 0) is 55.3 Å². The Morgan fingerprint density at radius 2 is 1.70 bits per heavy atom. The van der Waals surface area contributed by atoms with Crippen LogP contribution in [0.3, 0.4) is 0 Å². The van der Waals surface area contributed by atoms with Gasteiger partial charge >= 0.3 is 6.03 Å². The van der Waals surface area contributed by atoms with E-state index in [1.165, 1.54) is 5.01 Å². The van der Waals surface area contributed by atoms with E-state index >= 15 is 0 Å². The number of hydrazone groups is 1. The zero-order valence-electron chi connectivity index (χ0n) is 18.1. The SMILES string of the molecule is Cc1ccc(NC(=O)N2CC(CCS(=O)(=O)c3ccccc3)C(c3ccc(Cl)cc3)=N2)cc1. The number of urea groups is 1. The maximum atomic E-state index is 12.9. The van der Waals surface area contributed by atoms with Crippen LogP contribution >= 0.6 is 11.6 Å². The van der Waals surface area contributed by atoms with Gasteiger partial charge in [0.2, 0.25) is 0 Å². The van der Waals surface area contributed by atoms with E-state index in [2.05, 4.69) is 10.4 Å². The van der Waals surface area contributed by atoms with Crippen LogP contribution in [0.5, 0.6) is 0 Å². The monoisotopic (exact) mass is 481 g/mol. The third-order valence-electron chi connectivity index (χ3n) is 5.52. The van der Waals surface area contributed by atoms with E-state index in [9.17, 15) is 13.2 Å². The van der Waals surface area contributed by atoms with Gasteiger partial charge in [-0.2, -0.15) is 5.10 Å². The molecule has 0 bridgehead atoms. The van der Waals surface area contributed by atoms with Crippen molar-refractivity contribution in [2.45, 2.75) is 18.2 Å². The van der Waals surface area contributed by atoms with Gasteiger partial charge in [0.25, 0.3) is 0 Å². The second kappa shape index (κ2) is 9.77. The summed E-state index contributed by atoms with van der Waals surface area (Å²) in [6, 6.07) is 22.7. The Hall–Kier alpha value is -3.16. The number of hydrogen-bond acceptors (Lipinski definition) is 4. The van der Waals surface area contributed by atoms with Crippen molar-refractivity contribution in [3.63, 3.8) is 0 Å². The van der Waals surface area contributed by atoms with Crippen molar-refractivity contribution < 1.29 is 13.2 Å². The van der Waals surface area contributed by atoms with Gasteiger partial charge in [-0.1, -0.05) is 59.6 Å². The normalized spacial score (nSPS) is 15.9. The van der Waals surface area contributed by atoms with Gasteiger partial charge in [-0.3, -0.25) is 0 Å². The fraction of sp³-hybridized carbons (Fsp3) is 0.200. The molecule has 3 aromatic rings. The van der Waals surface area contributed by atoms with Gasteiger partial charge in [-0.15, -0.1) is 0 Å². The molecule has 1 N–H and O–H groups in total. The van der Waals surface area contributed by atoms with E-state index in [1.54, 1.807) is 42.5 Å². The van der Waals surface area contributed by atoms with Crippen LogP contribution in [0.4, 0.5) is 10.5 Å². The molecule has 0 spiro atoms. The molecule has 8 heteroatoms. The third-order valence-corrected chi connectivity index (χ3v) is 7.54. The van der Waals surface area contributed by atoms with Crippen LogP contribution in [-0.2, 0) is 9.84 Å². The van der Waals surface area contributed by atoms with Crippen LogP contribution in [0.25, 0.3) is 0 Å². The first-order valence-corrected chi connectivity index (χ1v) is 12.6. The molecule has 33 heavy (non-hydrogen) atoms. The van der Waals surface area contributed by atoms with Gasteiger partial charge in [-0.25, -0.2) is 18.2 Å². The summed E-state index contributed by atoms with van der Waals surface area (Å²) < 4.78 is 25.6. The third kappa shape index (κ3) is 5.61. The van der Waals surface area contributed by atoms with E-state index in [0.717, 1.165) is 11.1 Å². The quantitative estimate of drug-likeness (QED) is 0.513. The van der Waals surface area contributed by atoms with Gasteiger partial charge in [0.15, 0.2) is 9.84 Å². The first kappa shape index (κ1) is 23.0. The maximum Gasteiger partial charge on any atom is 0.342 e. The molecule has 6 nitrogen and oxygen atoms in total. The number of rotatable bonds is 6. The molecule has 0 aliphatic carbocycles. The Morgan fingerprint density at radius 1 is 1.03 bits per heavy atom. The minimum Gasteiger partial charge on any atom is -0.306 e. The van der Waals surface area contributed by atoms with Crippen molar-refractivity contribution in [2.24, 2.45) is 11.0 Å². The van der Waals surface area contributed by atoms with E-state index in [0.29, 0.717) is 34.3 Å². The van der Waals surface area contributed by atoms with E-state index in [1.807, 2.05) is 43.3 Å². The number of nitrogens with one attached hydrogen (secondary N) is 1. The number of aryl methyl sites for hydroxylation is 1. The molecule has 1 unspecified atom stereocenters. The van der Waals surface area contributed by atoms with Gasteiger partial charge in [0.1, 0.15) is 0 Å². The van der Waals surface area contributed by atoms with Crippen LogP contribution in [0.1, 0.15) is 17.5 Å². The number of nitrogens with zero attached hydrogens (tertiary/aromatic N) is 2. The van der Waals surface area contributed by atoms with Crippen molar-refractivity contribution in [1.29, 1.82) is 0 Å². The highest BCUT2D eigenvalue weighted by Gasteiger charge is 2.32. The zero-order chi connectivity index (χ0) is 23.4. The molecule has 1 atom stereocenters. The molecule has 170 valence electrons. The number of sulfone groups is 1. The van der Waals surface area contributed by atoms with E-state index in [-0.39, 0.29) is 17.7 Å². The van der Waals surface area contributed by atoms with Gasteiger partial charge in [0.05, 0.1) is 22.9 Å². The summed E-state index contributed by atoms with van der Waals surface area (Å²) in [6.07, 6.45) is 0.340. The Morgan fingerprint density at radius 3 is 2.36 bits per heavy atom. The average Bonchev–Trinajstić information content (AvgIpc) is 3.25. The summed E-state index contributed by atoms with van der Waals surface area (Å²) in [7, 11) is -3.45.